The van der Waals surface area contributed by atoms with E-state index in [2.05, 4.69) is 23.8 Å². The molecule has 1 saturated carbocycles. The van der Waals surface area contributed by atoms with Gasteiger partial charge in [0.1, 0.15) is 5.82 Å². The number of aromatic carboxylic acids is 1. The van der Waals surface area contributed by atoms with Crippen LogP contribution in [0, 0.1) is 11.8 Å². The number of hydrogen-bond donors (Lipinski definition) is 1. The lowest BCUT2D eigenvalue weighted by molar-refractivity contribution is 0.0689. The van der Waals surface area contributed by atoms with Crippen LogP contribution in [-0.2, 0) is 0 Å². The van der Waals surface area contributed by atoms with Crippen molar-refractivity contribution in [2.45, 2.75) is 45.4 Å². The van der Waals surface area contributed by atoms with Crippen LogP contribution in [0.25, 0.3) is 0 Å². The molecular formula is C14H20N2O2. The van der Waals surface area contributed by atoms with Crippen molar-refractivity contribution in [1.82, 2.24) is 9.97 Å². The topological polar surface area (TPSA) is 63.1 Å². The molecule has 1 N–H and O–H groups in total. The molecular weight excluding hydrogens is 228 g/mol. The van der Waals surface area contributed by atoms with Crippen LogP contribution in [0.15, 0.2) is 12.3 Å². The summed E-state index contributed by atoms with van der Waals surface area (Å²) in [7, 11) is 0. The third kappa shape index (κ3) is 2.86. The van der Waals surface area contributed by atoms with Gasteiger partial charge in [0.15, 0.2) is 5.69 Å². The van der Waals surface area contributed by atoms with Crippen molar-refractivity contribution >= 4 is 5.97 Å². The predicted molar refractivity (Wildman–Crippen MR) is 68.5 cm³/mol. The molecule has 1 aromatic rings. The summed E-state index contributed by atoms with van der Waals surface area (Å²) in [6, 6.07) is 1.45. The van der Waals surface area contributed by atoms with Crippen LogP contribution in [0.1, 0.15) is 61.8 Å². The summed E-state index contributed by atoms with van der Waals surface area (Å²) in [6.45, 7) is 4.54. The van der Waals surface area contributed by atoms with Crippen LogP contribution < -0.4 is 0 Å². The van der Waals surface area contributed by atoms with Crippen LogP contribution in [0.3, 0.4) is 0 Å². The van der Waals surface area contributed by atoms with Gasteiger partial charge in [0.05, 0.1) is 0 Å². The minimum atomic E-state index is -0.977. The minimum absolute atomic E-state index is 0.103. The van der Waals surface area contributed by atoms with Gasteiger partial charge in [-0.1, -0.05) is 13.8 Å². The number of rotatable bonds is 3. The summed E-state index contributed by atoms with van der Waals surface area (Å²) < 4.78 is 0. The van der Waals surface area contributed by atoms with E-state index in [1.165, 1.54) is 18.9 Å². The number of carboxylic acid groups (broad SMARTS) is 1. The summed E-state index contributed by atoms with van der Waals surface area (Å²) in [5.74, 6) is 1.59. The van der Waals surface area contributed by atoms with E-state index < -0.39 is 5.97 Å². The summed E-state index contributed by atoms with van der Waals surface area (Å²) >= 11 is 0. The quantitative estimate of drug-likeness (QED) is 0.892. The Bertz CT molecular complexity index is 424. The van der Waals surface area contributed by atoms with Gasteiger partial charge in [0.25, 0.3) is 0 Å². The first-order valence-electron chi connectivity index (χ1n) is 6.64. The highest BCUT2D eigenvalue weighted by atomic mass is 16.4. The molecule has 4 heteroatoms. The Morgan fingerprint density at radius 3 is 2.56 bits per heavy atom. The van der Waals surface area contributed by atoms with Gasteiger partial charge in [-0.2, -0.15) is 0 Å². The first kappa shape index (κ1) is 13.0. The zero-order valence-corrected chi connectivity index (χ0v) is 11.0. The average Bonchev–Trinajstić information content (AvgIpc) is 2.39. The second kappa shape index (κ2) is 5.46. The maximum Gasteiger partial charge on any atom is 0.354 e. The van der Waals surface area contributed by atoms with E-state index in [-0.39, 0.29) is 5.69 Å². The Kier molecular flexibility index (Phi) is 3.94. The average molecular weight is 248 g/mol. The molecule has 0 bridgehead atoms. The molecule has 0 radical (unpaired) electrons. The van der Waals surface area contributed by atoms with Crippen molar-refractivity contribution in [2.24, 2.45) is 11.8 Å². The monoisotopic (exact) mass is 248 g/mol. The molecule has 1 aliphatic carbocycles. The van der Waals surface area contributed by atoms with Gasteiger partial charge >= 0.3 is 5.97 Å². The van der Waals surface area contributed by atoms with E-state index in [4.69, 9.17) is 5.11 Å². The molecule has 0 aromatic carbocycles. The molecule has 18 heavy (non-hydrogen) atoms. The normalized spacial score (nSPS) is 24.2. The maximum atomic E-state index is 10.9. The smallest absolute Gasteiger partial charge is 0.354 e. The van der Waals surface area contributed by atoms with Gasteiger partial charge in [-0.15, -0.1) is 0 Å². The van der Waals surface area contributed by atoms with E-state index in [1.807, 2.05) is 0 Å². The fraction of sp³-hybridized carbons (Fsp3) is 0.643. The van der Waals surface area contributed by atoms with E-state index in [9.17, 15) is 4.79 Å². The summed E-state index contributed by atoms with van der Waals surface area (Å²) in [5.41, 5.74) is 0.103. The van der Waals surface area contributed by atoms with Gasteiger partial charge < -0.3 is 5.11 Å². The molecule has 4 nitrogen and oxygen atoms in total. The van der Waals surface area contributed by atoms with Gasteiger partial charge in [-0.3, -0.25) is 0 Å². The SMILES string of the molecule is CC(C)C1CCC(c2nccc(C(=O)O)n2)CC1. The molecule has 2 rings (SSSR count). The molecule has 0 atom stereocenters. The highest BCUT2D eigenvalue weighted by molar-refractivity contribution is 5.85. The van der Waals surface area contributed by atoms with Crippen molar-refractivity contribution in [2.75, 3.05) is 0 Å². The number of hydrogen-bond acceptors (Lipinski definition) is 3. The van der Waals surface area contributed by atoms with Gasteiger partial charge in [-0.25, -0.2) is 14.8 Å². The molecule has 0 spiro atoms. The number of carboxylic acids is 1. The van der Waals surface area contributed by atoms with Crippen molar-refractivity contribution in [3.8, 4) is 0 Å². The van der Waals surface area contributed by atoms with E-state index in [0.29, 0.717) is 11.7 Å². The zero-order chi connectivity index (χ0) is 13.1. The van der Waals surface area contributed by atoms with Crippen LogP contribution in [0.5, 0.6) is 0 Å². The first-order chi connectivity index (χ1) is 8.58. The van der Waals surface area contributed by atoms with Crippen LogP contribution in [0.2, 0.25) is 0 Å². The second-order valence-corrected chi connectivity index (χ2v) is 5.46. The Morgan fingerprint density at radius 1 is 1.33 bits per heavy atom. The number of nitrogens with zero attached hydrogens (tertiary/aromatic N) is 2. The molecule has 0 aliphatic heterocycles. The van der Waals surface area contributed by atoms with Crippen LogP contribution >= 0.6 is 0 Å². The number of carbonyl (C=O) groups is 1. The minimum Gasteiger partial charge on any atom is -0.477 e. The Labute approximate surface area is 107 Å². The molecule has 1 heterocycles. The maximum absolute atomic E-state index is 10.9. The van der Waals surface area contributed by atoms with Crippen molar-refractivity contribution in [1.29, 1.82) is 0 Å². The van der Waals surface area contributed by atoms with Gasteiger partial charge in [0.2, 0.25) is 0 Å². The van der Waals surface area contributed by atoms with Crippen molar-refractivity contribution in [3.63, 3.8) is 0 Å². The van der Waals surface area contributed by atoms with E-state index >= 15 is 0 Å². The second-order valence-electron chi connectivity index (χ2n) is 5.46. The lowest BCUT2D eigenvalue weighted by atomic mass is 9.77. The molecule has 1 aromatic heterocycles. The molecule has 0 saturated heterocycles. The fourth-order valence-corrected chi connectivity index (χ4v) is 2.73. The number of aromatic nitrogens is 2. The van der Waals surface area contributed by atoms with Crippen molar-refractivity contribution < 1.29 is 9.90 Å². The van der Waals surface area contributed by atoms with E-state index in [1.54, 1.807) is 6.20 Å². The third-order valence-corrected chi connectivity index (χ3v) is 3.97. The summed E-state index contributed by atoms with van der Waals surface area (Å²) in [6.07, 6.45) is 6.10. The fourth-order valence-electron chi connectivity index (χ4n) is 2.73. The molecule has 0 amide bonds. The third-order valence-electron chi connectivity index (χ3n) is 3.97. The molecule has 1 aliphatic rings. The first-order valence-corrected chi connectivity index (χ1v) is 6.64. The Balaban J connectivity index is 2.05. The van der Waals surface area contributed by atoms with Gasteiger partial charge in [0, 0.05) is 12.1 Å². The zero-order valence-electron chi connectivity index (χ0n) is 11.0. The lowest BCUT2D eigenvalue weighted by Crippen LogP contribution is -2.19. The molecule has 0 unspecified atom stereocenters. The Hall–Kier alpha value is -1.45. The summed E-state index contributed by atoms with van der Waals surface area (Å²) in [4.78, 5) is 19.3. The van der Waals surface area contributed by atoms with Crippen LogP contribution in [-0.4, -0.2) is 21.0 Å². The largest absolute Gasteiger partial charge is 0.477 e. The molecule has 98 valence electrons. The highest BCUT2D eigenvalue weighted by Crippen LogP contribution is 2.37. The predicted octanol–water partition coefficient (Wildman–Crippen LogP) is 3.10. The summed E-state index contributed by atoms with van der Waals surface area (Å²) in [5, 5.41) is 8.93. The highest BCUT2D eigenvalue weighted by Gasteiger charge is 2.26. The van der Waals surface area contributed by atoms with Crippen molar-refractivity contribution in [3.05, 3.63) is 23.8 Å². The van der Waals surface area contributed by atoms with Gasteiger partial charge in [-0.05, 0) is 43.6 Å². The Morgan fingerprint density at radius 2 is 2.00 bits per heavy atom. The lowest BCUT2D eigenvalue weighted by Gasteiger charge is -2.30. The van der Waals surface area contributed by atoms with E-state index in [0.717, 1.165) is 24.7 Å². The van der Waals surface area contributed by atoms with Crippen LogP contribution in [0.4, 0.5) is 0 Å². The molecule has 1 fully saturated rings. The standard InChI is InChI=1S/C14H20N2O2/c1-9(2)10-3-5-11(6-4-10)13-15-8-7-12(16-13)14(17)18/h7-11H,3-6H2,1-2H3,(H,17,18).